The zero-order valence-corrected chi connectivity index (χ0v) is 12.9. The molecule has 1 aliphatic heterocycles. The minimum Gasteiger partial charge on any atom is -0.481 e. The van der Waals surface area contributed by atoms with Gasteiger partial charge in [-0.25, -0.2) is 0 Å². The van der Waals surface area contributed by atoms with E-state index in [1.165, 1.54) is 0 Å². The quantitative estimate of drug-likeness (QED) is 0.843. The minimum absolute atomic E-state index is 0.142. The number of nitrogens with zero attached hydrogens (tertiary/aromatic N) is 1. The maximum Gasteiger partial charge on any atom is 0.308 e. The smallest absolute Gasteiger partial charge is 0.308 e. The Morgan fingerprint density at radius 2 is 1.85 bits per heavy atom. The molecule has 1 saturated carbocycles. The third-order valence-corrected chi connectivity index (χ3v) is 4.58. The molecule has 4 nitrogen and oxygen atoms in total. The maximum absolute atomic E-state index is 12.2. The molecule has 114 valence electrons. The lowest BCUT2D eigenvalue weighted by Crippen LogP contribution is -2.29. The van der Waals surface area contributed by atoms with Crippen LogP contribution in [0.25, 0.3) is 0 Å². The van der Waals surface area contributed by atoms with Crippen molar-refractivity contribution in [3.05, 3.63) is 0 Å². The lowest BCUT2D eigenvalue weighted by molar-refractivity contribution is -0.142. The molecule has 1 heterocycles. The fourth-order valence-electron chi connectivity index (χ4n) is 3.22. The van der Waals surface area contributed by atoms with E-state index in [0.717, 1.165) is 25.7 Å². The lowest BCUT2D eigenvalue weighted by atomic mass is 9.90. The summed E-state index contributed by atoms with van der Waals surface area (Å²) in [6.45, 7) is 7.62. The molecular formula is C16H27NO3. The van der Waals surface area contributed by atoms with E-state index in [1.54, 1.807) is 4.90 Å². The Morgan fingerprint density at radius 1 is 1.20 bits per heavy atom. The van der Waals surface area contributed by atoms with Crippen LogP contribution in [0.4, 0.5) is 0 Å². The van der Waals surface area contributed by atoms with Crippen molar-refractivity contribution < 1.29 is 14.7 Å². The Morgan fingerprint density at radius 3 is 2.35 bits per heavy atom. The Bertz CT molecular complexity index is 382. The molecule has 1 amide bonds. The molecule has 2 aliphatic rings. The number of hydrogen-bond donors (Lipinski definition) is 1. The predicted molar refractivity (Wildman–Crippen MR) is 77.2 cm³/mol. The van der Waals surface area contributed by atoms with Crippen molar-refractivity contribution in [3.8, 4) is 0 Å². The first-order valence-electron chi connectivity index (χ1n) is 7.78. The van der Waals surface area contributed by atoms with Gasteiger partial charge >= 0.3 is 5.97 Å². The standard InChI is InChI=1S/C16H27NO3/c1-16(2,3)8-4-5-14(18)17-9-12(11-6-7-11)13(10-17)15(19)20/h11-13H,4-10H2,1-3H3,(H,19,20)/t12-,13+/m1/s1. The zero-order valence-electron chi connectivity index (χ0n) is 12.9. The number of rotatable bonds is 5. The third-order valence-electron chi connectivity index (χ3n) is 4.58. The van der Waals surface area contributed by atoms with Gasteiger partial charge in [0, 0.05) is 19.5 Å². The van der Waals surface area contributed by atoms with Gasteiger partial charge in [0.25, 0.3) is 0 Å². The average molecular weight is 281 g/mol. The summed E-state index contributed by atoms with van der Waals surface area (Å²) in [6.07, 6.45) is 4.76. The van der Waals surface area contributed by atoms with Gasteiger partial charge in [0.15, 0.2) is 0 Å². The maximum atomic E-state index is 12.2. The summed E-state index contributed by atoms with van der Waals surface area (Å²) < 4.78 is 0. The van der Waals surface area contributed by atoms with Gasteiger partial charge in [-0.05, 0) is 42.9 Å². The number of carbonyl (C=O) groups is 2. The van der Waals surface area contributed by atoms with Crippen molar-refractivity contribution in [1.29, 1.82) is 0 Å². The van der Waals surface area contributed by atoms with E-state index in [0.29, 0.717) is 25.4 Å². The largest absolute Gasteiger partial charge is 0.481 e. The van der Waals surface area contributed by atoms with Crippen LogP contribution in [-0.2, 0) is 9.59 Å². The Labute approximate surface area is 121 Å². The second kappa shape index (κ2) is 5.74. The molecule has 2 rings (SSSR count). The van der Waals surface area contributed by atoms with Gasteiger partial charge in [0.1, 0.15) is 0 Å². The van der Waals surface area contributed by atoms with Gasteiger partial charge in [0.2, 0.25) is 5.91 Å². The Kier molecular flexibility index (Phi) is 4.40. The molecule has 0 bridgehead atoms. The third kappa shape index (κ3) is 3.97. The summed E-state index contributed by atoms with van der Waals surface area (Å²) in [5, 5.41) is 9.30. The molecule has 1 N–H and O–H groups in total. The monoisotopic (exact) mass is 281 g/mol. The van der Waals surface area contributed by atoms with Gasteiger partial charge in [-0.2, -0.15) is 0 Å². The number of hydrogen-bond acceptors (Lipinski definition) is 2. The fourth-order valence-corrected chi connectivity index (χ4v) is 3.22. The molecule has 0 spiro atoms. The first kappa shape index (κ1) is 15.3. The first-order valence-corrected chi connectivity index (χ1v) is 7.78. The van der Waals surface area contributed by atoms with Crippen LogP contribution in [-0.4, -0.2) is 35.0 Å². The summed E-state index contributed by atoms with van der Waals surface area (Å²) in [5.41, 5.74) is 0.255. The normalized spacial score (nSPS) is 26.9. The van der Waals surface area contributed by atoms with Crippen LogP contribution in [0.2, 0.25) is 0 Å². The molecule has 1 aliphatic carbocycles. The second-order valence-corrected chi connectivity index (χ2v) is 7.66. The minimum atomic E-state index is -0.730. The molecule has 1 saturated heterocycles. The van der Waals surface area contributed by atoms with E-state index in [-0.39, 0.29) is 23.2 Å². The molecular weight excluding hydrogens is 254 g/mol. The highest BCUT2D eigenvalue weighted by Crippen LogP contribution is 2.44. The number of carbonyl (C=O) groups excluding carboxylic acids is 1. The highest BCUT2D eigenvalue weighted by molar-refractivity contribution is 5.79. The SMILES string of the molecule is CC(C)(C)CCCC(=O)N1C[C@H](C(=O)O)[C@@H](C2CC2)C1. The van der Waals surface area contributed by atoms with Gasteiger partial charge in [-0.1, -0.05) is 20.8 Å². The molecule has 0 aromatic rings. The predicted octanol–water partition coefficient (Wildman–Crippen LogP) is 2.77. The Balaban J connectivity index is 1.83. The highest BCUT2D eigenvalue weighted by atomic mass is 16.4. The van der Waals surface area contributed by atoms with Crippen LogP contribution in [0.3, 0.4) is 0 Å². The molecule has 0 unspecified atom stereocenters. The molecule has 4 heteroatoms. The second-order valence-electron chi connectivity index (χ2n) is 7.66. The van der Waals surface area contributed by atoms with Gasteiger partial charge < -0.3 is 10.0 Å². The topological polar surface area (TPSA) is 57.6 Å². The van der Waals surface area contributed by atoms with Gasteiger partial charge in [-0.15, -0.1) is 0 Å². The van der Waals surface area contributed by atoms with E-state index in [9.17, 15) is 14.7 Å². The molecule has 2 atom stereocenters. The summed E-state index contributed by atoms with van der Waals surface area (Å²) in [4.78, 5) is 25.3. The highest BCUT2D eigenvalue weighted by Gasteiger charge is 2.46. The number of carboxylic acid groups (broad SMARTS) is 1. The number of carboxylic acids is 1. The van der Waals surface area contributed by atoms with Crippen LogP contribution in [0, 0.1) is 23.2 Å². The van der Waals surface area contributed by atoms with E-state index in [1.807, 2.05) is 0 Å². The van der Waals surface area contributed by atoms with Crippen LogP contribution >= 0.6 is 0 Å². The van der Waals surface area contributed by atoms with Gasteiger partial charge in [0.05, 0.1) is 5.92 Å². The van der Waals surface area contributed by atoms with Gasteiger partial charge in [-0.3, -0.25) is 9.59 Å². The number of aliphatic carboxylic acids is 1. The van der Waals surface area contributed by atoms with Crippen molar-refractivity contribution in [2.45, 2.75) is 52.9 Å². The van der Waals surface area contributed by atoms with Crippen molar-refractivity contribution in [1.82, 2.24) is 4.90 Å². The molecule has 20 heavy (non-hydrogen) atoms. The first-order chi connectivity index (χ1) is 9.28. The number of likely N-dealkylation sites (tertiary alicyclic amines) is 1. The zero-order chi connectivity index (χ0) is 14.9. The van der Waals surface area contributed by atoms with Crippen LogP contribution in [0.15, 0.2) is 0 Å². The van der Waals surface area contributed by atoms with Crippen LogP contribution in [0.5, 0.6) is 0 Å². The number of amides is 1. The van der Waals surface area contributed by atoms with Crippen molar-refractivity contribution in [2.24, 2.45) is 23.2 Å². The fraction of sp³-hybridized carbons (Fsp3) is 0.875. The van der Waals surface area contributed by atoms with E-state index in [4.69, 9.17) is 0 Å². The molecule has 0 aromatic heterocycles. The summed E-state index contributed by atoms with van der Waals surface area (Å²) in [6, 6.07) is 0. The van der Waals surface area contributed by atoms with Crippen molar-refractivity contribution >= 4 is 11.9 Å². The summed E-state index contributed by atoms with van der Waals surface area (Å²) >= 11 is 0. The molecule has 0 aromatic carbocycles. The van der Waals surface area contributed by atoms with E-state index < -0.39 is 5.97 Å². The average Bonchev–Trinajstić information content (AvgIpc) is 3.05. The van der Waals surface area contributed by atoms with E-state index in [2.05, 4.69) is 20.8 Å². The van der Waals surface area contributed by atoms with Crippen molar-refractivity contribution in [2.75, 3.05) is 13.1 Å². The van der Waals surface area contributed by atoms with Crippen LogP contribution in [0.1, 0.15) is 52.9 Å². The summed E-state index contributed by atoms with van der Waals surface area (Å²) in [5.74, 6) is -0.188. The Hall–Kier alpha value is -1.06. The molecule has 0 radical (unpaired) electrons. The molecule has 2 fully saturated rings. The lowest BCUT2D eigenvalue weighted by Gasteiger charge is -2.20. The van der Waals surface area contributed by atoms with Crippen LogP contribution < -0.4 is 0 Å². The van der Waals surface area contributed by atoms with E-state index >= 15 is 0 Å². The van der Waals surface area contributed by atoms with Crippen molar-refractivity contribution in [3.63, 3.8) is 0 Å². The summed E-state index contributed by atoms with van der Waals surface area (Å²) in [7, 11) is 0.